The molecule has 19 heavy (non-hydrogen) atoms. The van der Waals surface area contributed by atoms with E-state index in [2.05, 4.69) is 15.0 Å². The topological polar surface area (TPSA) is 83.8 Å². The molecule has 6 nitrogen and oxygen atoms in total. The number of halogens is 2. The molecule has 0 aliphatic heterocycles. The summed E-state index contributed by atoms with van der Waals surface area (Å²) in [4.78, 5) is 21.8. The van der Waals surface area contributed by atoms with Crippen LogP contribution in [0.3, 0.4) is 0 Å². The molecule has 2 N–H and O–H groups in total. The Kier molecular flexibility index (Phi) is 3.70. The molecule has 0 atom stereocenters. The molecule has 0 saturated carbocycles. The highest BCUT2D eigenvalue weighted by molar-refractivity contribution is 5.93. The van der Waals surface area contributed by atoms with E-state index < -0.39 is 31.3 Å². The standard InChI is InChI=1S/C11H12F2N4O2/c12-6-11(7-13,10-15-1-2-16-10)17-4-3-14-9(17)8(19)5-18/h1-4,18H,5-7H2,(H,15,16). The number of aliphatic hydroxyl groups is 1. The Morgan fingerprint density at radius 2 is 2.11 bits per heavy atom. The number of hydrogen-bond donors (Lipinski definition) is 2. The van der Waals surface area contributed by atoms with Crippen molar-refractivity contribution in [3.05, 3.63) is 36.4 Å². The van der Waals surface area contributed by atoms with Crippen molar-refractivity contribution in [3.8, 4) is 0 Å². The lowest BCUT2D eigenvalue weighted by atomic mass is 10.0. The quantitative estimate of drug-likeness (QED) is 0.747. The number of aliphatic hydroxyl groups excluding tert-OH is 1. The zero-order valence-corrected chi connectivity index (χ0v) is 9.88. The number of hydrogen-bond acceptors (Lipinski definition) is 4. The summed E-state index contributed by atoms with van der Waals surface area (Å²) >= 11 is 0. The molecular weight excluding hydrogens is 258 g/mol. The van der Waals surface area contributed by atoms with E-state index in [1.165, 1.54) is 24.8 Å². The zero-order chi connectivity index (χ0) is 13.9. The smallest absolute Gasteiger partial charge is 0.223 e. The first-order chi connectivity index (χ1) is 9.19. The van der Waals surface area contributed by atoms with Crippen molar-refractivity contribution < 1.29 is 18.7 Å². The highest BCUT2D eigenvalue weighted by Gasteiger charge is 2.40. The SMILES string of the molecule is O=C(CO)c1nccn1C(CF)(CF)c1ncc[nH]1. The van der Waals surface area contributed by atoms with Crippen LogP contribution in [0.15, 0.2) is 24.8 Å². The van der Waals surface area contributed by atoms with Crippen LogP contribution in [0, 0.1) is 0 Å². The molecule has 102 valence electrons. The number of H-pyrrole nitrogens is 1. The van der Waals surface area contributed by atoms with Gasteiger partial charge in [-0.3, -0.25) is 4.79 Å². The number of rotatable bonds is 6. The Bertz CT molecular complexity index is 549. The van der Waals surface area contributed by atoms with Crippen molar-refractivity contribution in [2.24, 2.45) is 0 Å². The van der Waals surface area contributed by atoms with Gasteiger partial charge in [-0.25, -0.2) is 18.7 Å². The number of Topliss-reactive ketones (excluding diaryl/α,β-unsaturated/α-hetero) is 1. The van der Waals surface area contributed by atoms with Gasteiger partial charge in [-0.05, 0) is 0 Å². The molecular formula is C11H12F2N4O2. The third-order valence-corrected chi connectivity index (χ3v) is 2.88. The third-order valence-electron chi connectivity index (χ3n) is 2.88. The maximum Gasteiger partial charge on any atom is 0.223 e. The number of carbonyl (C=O) groups is 1. The van der Waals surface area contributed by atoms with Crippen LogP contribution in [0.25, 0.3) is 0 Å². The monoisotopic (exact) mass is 270 g/mol. The Morgan fingerprint density at radius 3 is 2.63 bits per heavy atom. The molecule has 2 rings (SSSR count). The second-order valence-corrected chi connectivity index (χ2v) is 3.94. The van der Waals surface area contributed by atoms with Crippen molar-refractivity contribution in [2.45, 2.75) is 5.54 Å². The van der Waals surface area contributed by atoms with E-state index in [-0.39, 0.29) is 11.6 Å². The lowest BCUT2D eigenvalue weighted by molar-refractivity contribution is 0.0873. The molecule has 0 radical (unpaired) electrons. The van der Waals surface area contributed by atoms with Gasteiger partial charge in [0.1, 0.15) is 25.8 Å². The second-order valence-electron chi connectivity index (χ2n) is 3.94. The Hall–Kier alpha value is -2.09. The molecule has 0 saturated heterocycles. The number of alkyl halides is 2. The van der Waals surface area contributed by atoms with Crippen LogP contribution in [-0.2, 0) is 5.54 Å². The summed E-state index contributed by atoms with van der Waals surface area (Å²) in [5.74, 6) is -0.889. The van der Waals surface area contributed by atoms with Gasteiger partial charge in [0.25, 0.3) is 0 Å². The van der Waals surface area contributed by atoms with Gasteiger partial charge in [-0.15, -0.1) is 0 Å². The van der Waals surface area contributed by atoms with E-state index >= 15 is 0 Å². The lowest BCUT2D eigenvalue weighted by Crippen LogP contribution is -2.42. The lowest BCUT2D eigenvalue weighted by Gasteiger charge is -2.28. The van der Waals surface area contributed by atoms with Crippen LogP contribution >= 0.6 is 0 Å². The number of imidazole rings is 2. The summed E-state index contributed by atoms with van der Waals surface area (Å²) in [5.41, 5.74) is -1.78. The van der Waals surface area contributed by atoms with Crippen LogP contribution < -0.4 is 0 Å². The molecule has 0 spiro atoms. The van der Waals surface area contributed by atoms with E-state index in [4.69, 9.17) is 5.11 Å². The van der Waals surface area contributed by atoms with Gasteiger partial charge >= 0.3 is 0 Å². The van der Waals surface area contributed by atoms with Gasteiger partial charge in [0, 0.05) is 24.8 Å². The number of ketones is 1. The Morgan fingerprint density at radius 1 is 1.37 bits per heavy atom. The van der Waals surface area contributed by atoms with Gasteiger partial charge in [-0.1, -0.05) is 0 Å². The van der Waals surface area contributed by atoms with E-state index in [0.29, 0.717) is 0 Å². The fourth-order valence-electron chi connectivity index (χ4n) is 1.85. The van der Waals surface area contributed by atoms with Crippen LogP contribution in [0.5, 0.6) is 0 Å². The maximum absolute atomic E-state index is 13.5. The first kappa shape index (κ1) is 13.3. The van der Waals surface area contributed by atoms with Gasteiger partial charge in [0.05, 0.1) is 0 Å². The number of aromatic nitrogens is 4. The molecule has 0 fully saturated rings. The molecule has 2 aromatic rings. The first-order valence-corrected chi connectivity index (χ1v) is 5.49. The minimum Gasteiger partial charge on any atom is -0.388 e. The fraction of sp³-hybridized carbons (Fsp3) is 0.364. The predicted octanol–water partition coefficient (Wildman–Crippen LogP) is 0.464. The molecule has 8 heteroatoms. The zero-order valence-electron chi connectivity index (χ0n) is 9.88. The number of aromatic amines is 1. The Balaban J connectivity index is 2.58. The highest BCUT2D eigenvalue weighted by Crippen LogP contribution is 2.26. The van der Waals surface area contributed by atoms with Crippen molar-refractivity contribution in [1.82, 2.24) is 19.5 Å². The van der Waals surface area contributed by atoms with E-state index in [1.807, 2.05) is 0 Å². The van der Waals surface area contributed by atoms with E-state index in [0.717, 1.165) is 4.57 Å². The summed E-state index contributed by atoms with van der Waals surface area (Å²) < 4.78 is 28.0. The predicted molar refractivity (Wildman–Crippen MR) is 61.3 cm³/mol. The Labute approximate surface area is 107 Å². The summed E-state index contributed by atoms with van der Waals surface area (Å²) in [7, 11) is 0. The molecule has 0 aliphatic carbocycles. The normalized spacial score (nSPS) is 11.7. The van der Waals surface area contributed by atoms with Gasteiger partial charge in [0.15, 0.2) is 11.4 Å². The summed E-state index contributed by atoms with van der Waals surface area (Å²) in [6.07, 6.45) is 5.32. The first-order valence-electron chi connectivity index (χ1n) is 5.49. The summed E-state index contributed by atoms with van der Waals surface area (Å²) in [6, 6.07) is 0. The van der Waals surface area contributed by atoms with Crippen molar-refractivity contribution >= 4 is 5.78 Å². The van der Waals surface area contributed by atoms with Gasteiger partial charge < -0.3 is 14.7 Å². The second kappa shape index (κ2) is 5.27. The highest BCUT2D eigenvalue weighted by atomic mass is 19.1. The van der Waals surface area contributed by atoms with Gasteiger partial charge in [-0.2, -0.15) is 0 Å². The minimum atomic E-state index is -1.78. The molecule has 0 aliphatic rings. The van der Waals surface area contributed by atoms with Crippen LogP contribution in [0.1, 0.15) is 16.4 Å². The maximum atomic E-state index is 13.5. The molecule has 0 aromatic carbocycles. The van der Waals surface area contributed by atoms with Crippen molar-refractivity contribution in [1.29, 1.82) is 0 Å². The number of carbonyl (C=O) groups excluding carboxylic acids is 1. The van der Waals surface area contributed by atoms with E-state index in [1.54, 1.807) is 0 Å². The van der Waals surface area contributed by atoms with Crippen LogP contribution in [0.2, 0.25) is 0 Å². The van der Waals surface area contributed by atoms with Crippen LogP contribution in [0.4, 0.5) is 8.78 Å². The molecule has 0 bridgehead atoms. The summed E-state index contributed by atoms with van der Waals surface area (Å²) in [6.45, 7) is -3.01. The fourth-order valence-corrected chi connectivity index (χ4v) is 1.85. The van der Waals surface area contributed by atoms with Gasteiger partial charge in [0.2, 0.25) is 5.78 Å². The number of nitrogens with zero attached hydrogens (tertiary/aromatic N) is 3. The average molecular weight is 270 g/mol. The number of nitrogens with one attached hydrogen (secondary N) is 1. The van der Waals surface area contributed by atoms with E-state index in [9.17, 15) is 13.6 Å². The van der Waals surface area contributed by atoms with Crippen molar-refractivity contribution in [3.63, 3.8) is 0 Å². The molecule has 2 heterocycles. The summed E-state index contributed by atoms with van der Waals surface area (Å²) in [5, 5.41) is 8.86. The van der Waals surface area contributed by atoms with Crippen LogP contribution in [-0.4, -0.2) is 50.4 Å². The molecule has 2 aromatic heterocycles. The average Bonchev–Trinajstić information content (AvgIpc) is 3.11. The van der Waals surface area contributed by atoms with Crippen molar-refractivity contribution in [2.75, 3.05) is 20.0 Å². The minimum absolute atomic E-state index is 0.0440. The largest absolute Gasteiger partial charge is 0.388 e. The third kappa shape index (κ3) is 2.03. The molecule has 0 unspecified atom stereocenters. The molecule has 0 amide bonds.